The van der Waals surface area contributed by atoms with Crippen LogP contribution in [0.2, 0.25) is 0 Å². The summed E-state index contributed by atoms with van der Waals surface area (Å²) >= 11 is 0. The summed E-state index contributed by atoms with van der Waals surface area (Å²) < 4.78 is 10.7. The second-order valence-electron chi connectivity index (χ2n) is 5.65. The molecule has 1 atom stereocenters. The van der Waals surface area contributed by atoms with Gasteiger partial charge in [0.25, 0.3) is 0 Å². The Balaban J connectivity index is 2.36. The Morgan fingerprint density at radius 1 is 1.29 bits per heavy atom. The third-order valence-electron chi connectivity index (χ3n) is 4.29. The number of esters is 1. The lowest BCUT2D eigenvalue weighted by Gasteiger charge is -2.39. The van der Waals surface area contributed by atoms with Crippen LogP contribution in [0, 0.1) is 0 Å². The molecule has 0 N–H and O–H groups in total. The third-order valence-corrected chi connectivity index (χ3v) is 4.29. The number of methoxy groups -OCH3 is 1. The van der Waals surface area contributed by atoms with Crippen molar-refractivity contribution in [2.45, 2.75) is 38.6 Å². The molecular formula is C17H25NO3. The van der Waals surface area contributed by atoms with E-state index >= 15 is 0 Å². The highest BCUT2D eigenvalue weighted by Gasteiger charge is 2.39. The minimum absolute atomic E-state index is 0.155. The number of nitrogens with zero attached hydrogens (tertiary/aromatic N) is 1. The van der Waals surface area contributed by atoms with Gasteiger partial charge in [-0.25, -0.2) is 0 Å². The highest BCUT2D eigenvalue weighted by Crippen LogP contribution is 2.39. The first-order chi connectivity index (χ1) is 10.1. The molecule has 21 heavy (non-hydrogen) atoms. The van der Waals surface area contributed by atoms with E-state index in [1.165, 1.54) is 12.8 Å². The number of carbonyl (C=O) groups is 1. The van der Waals surface area contributed by atoms with Crippen molar-refractivity contribution in [1.29, 1.82) is 0 Å². The Hall–Kier alpha value is -1.55. The highest BCUT2D eigenvalue weighted by molar-refractivity contribution is 5.71. The lowest BCUT2D eigenvalue weighted by atomic mass is 9.86. The van der Waals surface area contributed by atoms with Crippen LogP contribution < -0.4 is 4.74 Å². The fourth-order valence-corrected chi connectivity index (χ4v) is 3.17. The topological polar surface area (TPSA) is 38.8 Å². The molecule has 0 radical (unpaired) electrons. The van der Waals surface area contributed by atoms with E-state index in [0.717, 1.165) is 24.4 Å². The normalized spacial score (nSPS) is 18.2. The van der Waals surface area contributed by atoms with E-state index in [1.54, 1.807) is 7.11 Å². The molecule has 1 aromatic carbocycles. The molecule has 0 saturated carbocycles. The Kier molecular flexibility index (Phi) is 5.23. The standard InChI is InChI=1S/C17H25NO3/c1-4-21-16(19)13-17(2,18-11-7-8-12-18)14-9-5-6-10-15(14)20-3/h5-6,9-10H,4,7-8,11-13H2,1-3H3. The average molecular weight is 291 g/mol. The van der Waals surface area contributed by atoms with Crippen LogP contribution in [0.4, 0.5) is 0 Å². The zero-order valence-electron chi connectivity index (χ0n) is 13.2. The summed E-state index contributed by atoms with van der Waals surface area (Å²) in [6.45, 7) is 6.39. The van der Waals surface area contributed by atoms with Crippen LogP contribution in [0.3, 0.4) is 0 Å². The van der Waals surface area contributed by atoms with E-state index in [0.29, 0.717) is 13.0 Å². The summed E-state index contributed by atoms with van der Waals surface area (Å²) in [4.78, 5) is 14.5. The molecule has 0 amide bonds. The van der Waals surface area contributed by atoms with Crippen molar-refractivity contribution in [3.63, 3.8) is 0 Å². The van der Waals surface area contributed by atoms with Gasteiger partial charge in [0.15, 0.2) is 0 Å². The molecule has 1 fully saturated rings. The Bertz CT molecular complexity index is 483. The first-order valence-electron chi connectivity index (χ1n) is 7.66. The summed E-state index contributed by atoms with van der Waals surface area (Å²) in [5, 5.41) is 0. The fraction of sp³-hybridized carbons (Fsp3) is 0.588. The summed E-state index contributed by atoms with van der Waals surface area (Å²) in [5.74, 6) is 0.675. The zero-order valence-corrected chi connectivity index (χ0v) is 13.2. The molecule has 1 unspecified atom stereocenters. The minimum Gasteiger partial charge on any atom is -0.496 e. The minimum atomic E-state index is -0.380. The van der Waals surface area contributed by atoms with Crippen LogP contribution in [0.15, 0.2) is 24.3 Å². The molecule has 1 aliphatic rings. The molecule has 1 heterocycles. The largest absolute Gasteiger partial charge is 0.496 e. The number of benzene rings is 1. The zero-order chi connectivity index (χ0) is 15.3. The average Bonchev–Trinajstić information content (AvgIpc) is 3.02. The van der Waals surface area contributed by atoms with E-state index in [9.17, 15) is 4.79 Å². The maximum absolute atomic E-state index is 12.1. The van der Waals surface area contributed by atoms with Crippen molar-refractivity contribution >= 4 is 5.97 Å². The molecule has 0 spiro atoms. The summed E-state index contributed by atoms with van der Waals surface area (Å²) in [7, 11) is 1.67. The quantitative estimate of drug-likeness (QED) is 0.755. The van der Waals surface area contributed by atoms with Crippen LogP contribution in [-0.4, -0.2) is 37.7 Å². The van der Waals surface area contributed by atoms with Crippen LogP contribution in [0.1, 0.15) is 38.7 Å². The van der Waals surface area contributed by atoms with Gasteiger partial charge in [0, 0.05) is 5.56 Å². The maximum atomic E-state index is 12.1. The van der Waals surface area contributed by atoms with Crippen LogP contribution in [0.5, 0.6) is 5.75 Å². The van der Waals surface area contributed by atoms with Gasteiger partial charge in [-0.2, -0.15) is 0 Å². The second kappa shape index (κ2) is 6.94. The lowest BCUT2D eigenvalue weighted by molar-refractivity contribution is -0.146. The summed E-state index contributed by atoms with van der Waals surface area (Å²) in [6.07, 6.45) is 2.70. The second-order valence-corrected chi connectivity index (χ2v) is 5.65. The van der Waals surface area contributed by atoms with Crippen molar-refractivity contribution in [1.82, 2.24) is 4.90 Å². The number of hydrogen-bond donors (Lipinski definition) is 0. The van der Waals surface area contributed by atoms with Gasteiger partial charge >= 0.3 is 5.97 Å². The van der Waals surface area contributed by atoms with Gasteiger partial charge in [-0.15, -0.1) is 0 Å². The molecule has 1 aliphatic heterocycles. The molecule has 4 nitrogen and oxygen atoms in total. The number of likely N-dealkylation sites (tertiary alicyclic amines) is 1. The van der Waals surface area contributed by atoms with E-state index < -0.39 is 0 Å². The summed E-state index contributed by atoms with van der Waals surface area (Å²) in [5.41, 5.74) is 0.678. The van der Waals surface area contributed by atoms with Crippen LogP contribution in [0.25, 0.3) is 0 Å². The number of carbonyl (C=O) groups excluding carboxylic acids is 1. The predicted molar refractivity (Wildman–Crippen MR) is 82.4 cm³/mol. The van der Waals surface area contributed by atoms with Gasteiger partial charge in [0.2, 0.25) is 0 Å². The number of hydrogen-bond acceptors (Lipinski definition) is 4. The van der Waals surface area contributed by atoms with Gasteiger partial charge in [-0.05, 0) is 45.8 Å². The van der Waals surface area contributed by atoms with Gasteiger partial charge in [-0.1, -0.05) is 18.2 Å². The van der Waals surface area contributed by atoms with Gasteiger partial charge in [0.05, 0.1) is 25.7 Å². The first kappa shape index (κ1) is 15.8. The molecule has 4 heteroatoms. The Morgan fingerprint density at radius 2 is 1.95 bits per heavy atom. The van der Waals surface area contributed by atoms with Crippen molar-refractivity contribution in [2.75, 3.05) is 26.8 Å². The molecular weight excluding hydrogens is 266 g/mol. The fourth-order valence-electron chi connectivity index (χ4n) is 3.17. The van der Waals surface area contributed by atoms with Crippen molar-refractivity contribution in [3.8, 4) is 5.75 Å². The number of ether oxygens (including phenoxy) is 2. The molecule has 1 saturated heterocycles. The van der Waals surface area contributed by atoms with E-state index in [4.69, 9.17) is 9.47 Å². The van der Waals surface area contributed by atoms with Crippen LogP contribution in [-0.2, 0) is 15.1 Å². The lowest BCUT2D eigenvalue weighted by Crippen LogP contribution is -2.44. The number of rotatable bonds is 6. The third kappa shape index (κ3) is 3.38. The first-order valence-corrected chi connectivity index (χ1v) is 7.66. The van der Waals surface area contributed by atoms with E-state index in [2.05, 4.69) is 17.9 Å². The van der Waals surface area contributed by atoms with Crippen molar-refractivity contribution in [2.24, 2.45) is 0 Å². The smallest absolute Gasteiger partial charge is 0.308 e. The monoisotopic (exact) mass is 291 g/mol. The highest BCUT2D eigenvalue weighted by atomic mass is 16.5. The van der Waals surface area contributed by atoms with E-state index in [-0.39, 0.29) is 11.5 Å². The summed E-state index contributed by atoms with van der Waals surface area (Å²) in [6, 6.07) is 7.96. The van der Waals surface area contributed by atoms with Crippen LogP contribution >= 0.6 is 0 Å². The molecule has 0 aliphatic carbocycles. The van der Waals surface area contributed by atoms with Gasteiger partial charge in [0.1, 0.15) is 5.75 Å². The van der Waals surface area contributed by atoms with Gasteiger partial charge in [-0.3, -0.25) is 9.69 Å². The van der Waals surface area contributed by atoms with E-state index in [1.807, 2.05) is 25.1 Å². The SMILES string of the molecule is CCOC(=O)CC(C)(c1ccccc1OC)N1CCCC1. The van der Waals surface area contributed by atoms with Gasteiger partial charge < -0.3 is 9.47 Å². The molecule has 1 aromatic rings. The van der Waals surface area contributed by atoms with Crippen molar-refractivity contribution in [3.05, 3.63) is 29.8 Å². The maximum Gasteiger partial charge on any atom is 0.308 e. The molecule has 0 bridgehead atoms. The molecule has 116 valence electrons. The van der Waals surface area contributed by atoms with Crippen molar-refractivity contribution < 1.29 is 14.3 Å². The Morgan fingerprint density at radius 3 is 2.57 bits per heavy atom. The molecule has 0 aromatic heterocycles. The number of para-hydroxylation sites is 1. The molecule has 2 rings (SSSR count). The Labute approximate surface area is 127 Å². The predicted octanol–water partition coefficient (Wildman–Crippen LogP) is 2.96.